The van der Waals surface area contributed by atoms with Crippen LogP contribution in [-0.4, -0.2) is 71.8 Å². The van der Waals surface area contributed by atoms with Gasteiger partial charge >= 0.3 is 6.03 Å². The summed E-state index contributed by atoms with van der Waals surface area (Å²) in [7, 11) is 0. The Balaban J connectivity index is 1.47. The molecule has 1 aromatic rings. The lowest BCUT2D eigenvalue weighted by atomic mass is 10.1. The molecule has 7 heteroatoms. The van der Waals surface area contributed by atoms with E-state index < -0.39 is 0 Å². The van der Waals surface area contributed by atoms with Crippen molar-refractivity contribution in [2.45, 2.75) is 39.0 Å². The largest absolute Gasteiger partial charge is 0.341 e. The number of piperazine rings is 1. The van der Waals surface area contributed by atoms with Gasteiger partial charge in [-0.1, -0.05) is 25.5 Å². The van der Waals surface area contributed by atoms with Crippen molar-refractivity contribution in [3.63, 3.8) is 0 Å². The molecule has 0 unspecified atom stereocenters. The third-order valence-electron chi connectivity index (χ3n) is 5.41. The third-order valence-corrected chi connectivity index (χ3v) is 5.41. The van der Waals surface area contributed by atoms with Crippen LogP contribution in [0.3, 0.4) is 0 Å². The number of unbranched alkanes of at least 4 members (excludes halogenated alkanes) is 1. The van der Waals surface area contributed by atoms with E-state index in [9.17, 15) is 14.4 Å². The fraction of sp³-hybridized carbons (Fsp3) is 0.571. The Hall–Kier alpha value is -2.57. The minimum absolute atomic E-state index is 0.00640. The van der Waals surface area contributed by atoms with Crippen molar-refractivity contribution in [2.24, 2.45) is 0 Å². The first kappa shape index (κ1) is 20.2. The number of urea groups is 1. The number of benzene rings is 1. The zero-order valence-electron chi connectivity index (χ0n) is 16.7. The molecule has 1 N–H and O–H groups in total. The summed E-state index contributed by atoms with van der Waals surface area (Å²) in [5, 5.41) is 2.86. The Morgan fingerprint density at radius 3 is 2.36 bits per heavy atom. The number of hydrogen-bond donors (Lipinski definition) is 1. The van der Waals surface area contributed by atoms with Crippen molar-refractivity contribution in [1.29, 1.82) is 0 Å². The molecule has 152 valence electrons. The number of carbonyl (C=O) groups is 3. The Kier molecular flexibility index (Phi) is 6.90. The van der Waals surface area contributed by atoms with Crippen LogP contribution in [0, 0.1) is 0 Å². The molecule has 4 amide bonds. The minimum Gasteiger partial charge on any atom is -0.341 e. The predicted molar refractivity (Wildman–Crippen MR) is 108 cm³/mol. The summed E-state index contributed by atoms with van der Waals surface area (Å²) in [6.45, 7) is 4.68. The SMILES string of the molecule is CCCCc1ccc(NC(=O)N2CCN(CC(=O)N3CCCC3)C(=O)C2)cc1. The number of rotatable bonds is 6. The average Bonchev–Trinajstić information content (AvgIpc) is 3.24. The molecule has 2 saturated heterocycles. The van der Waals surface area contributed by atoms with Gasteiger partial charge in [-0.25, -0.2) is 4.79 Å². The minimum atomic E-state index is -0.278. The van der Waals surface area contributed by atoms with Crippen LogP contribution in [0.1, 0.15) is 38.2 Å². The topological polar surface area (TPSA) is 73.0 Å². The normalized spacial score (nSPS) is 17.2. The molecule has 28 heavy (non-hydrogen) atoms. The van der Waals surface area contributed by atoms with Crippen molar-refractivity contribution >= 4 is 23.5 Å². The molecule has 2 aliphatic rings. The van der Waals surface area contributed by atoms with Crippen molar-refractivity contribution < 1.29 is 14.4 Å². The highest BCUT2D eigenvalue weighted by atomic mass is 16.2. The number of hydrogen-bond acceptors (Lipinski definition) is 3. The van der Waals surface area contributed by atoms with Crippen LogP contribution >= 0.6 is 0 Å². The van der Waals surface area contributed by atoms with E-state index in [0.717, 1.165) is 50.9 Å². The zero-order chi connectivity index (χ0) is 19.9. The van der Waals surface area contributed by atoms with Gasteiger partial charge in [0.05, 0.1) is 6.54 Å². The van der Waals surface area contributed by atoms with Crippen molar-refractivity contribution in [3.8, 4) is 0 Å². The zero-order valence-corrected chi connectivity index (χ0v) is 16.7. The molecule has 0 spiro atoms. The quantitative estimate of drug-likeness (QED) is 0.816. The number of nitrogens with zero attached hydrogens (tertiary/aromatic N) is 3. The van der Waals surface area contributed by atoms with Gasteiger partial charge in [0.15, 0.2) is 0 Å². The first-order valence-corrected chi connectivity index (χ1v) is 10.3. The second kappa shape index (κ2) is 9.57. The standard InChI is InChI=1S/C21H30N4O3/c1-2-3-6-17-7-9-18(10-8-17)22-21(28)25-14-13-24(20(27)16-25)15-19(26)23-11-4-5-12-23/h7-10H,2-6,11-16H2,1H3,(H,22,28). The first-order chi connectivity index (χ1) is 13.6. The monoisotopic (exact) mass is 386 g/mol. The van der Waals surface area contributed by atoms with Crippen molar-refractivity contribution in [2.75, 3.05) is 44.6 Å². The second-order valence-electron chi connectivity index (χ2n) is 7.56. The number of aryl methyl sites for hydroxylation is 1. The van der Waals surface area contributed by atoms with Crippen LogP contribution in [0.15, 0.2) is 24.3 Å². The van der Waals surface area contributed by atoms with Gasteiger partial charge in [-0.3, -0.25) is 9.59 Å². The van der Waals surface area contributed by atoms with E-state index in [0.29, 0.717) is 13.1 Å². The van der Waals surface area contributed by atoms with E-state index in [2.05, 4.69) is 12.2 Å². The maximum Gasteiger partial charge on any atom is 0.322 e. The summed E-state index contributed by atoms with van der Waals surface area (Å²) in [4.78, 5) is 42.0. The number of amides is 4. The molecule has 2 fully saturated rings. The molecule has 0 bridgehead atoms. The summed E-state index contributed by atoms with van der Waals surface area (Å²) >= 11 is 0. The highest BCUT2D eigenvalue weighted by molar-refractivity contribution is 5.94. The number of carbonyl (C=O) groups excluding carboxylic acids is 3. The molecule has 7 nitrogen and oxygen atoms in total. The van der Waals surface area contributed by atoms with Gasteiger partial charge in [-0.15, -0.1) is 0 Å². The van der Waals surface area contributed by atoms with E-state index in [-0.39, 0.29) is 30.9 Å². The summed E-state index contributed by atoms with van der Waals surface area (Å²) in [6, 6.07) is 7.57. The summed E-state index contributed by atoms with van der Waals surface area (Å²) in [5.74, 6) is -0.171. The number of likely N-dealkylation sites (tertiary alicyclic amines) is 1. The van der Waals surface area contributed by atoms with Gasteiger partial charge in [-0.2, -0.15) is 0 Å². The molecule has 0 atom stereocenters. The Morgan fingerprint density at radius 2 is 1.71 bits per heavy atom. The van der Waals surface area contributed by atoms with E-state index in [1.54, 1.807) is 4.90 Å². The smallest absolute Gasteiger partial charge is 0.322 e. The lowest BCUT2D eigenvalue weighted by molar-refractivity contribution is -0.142. The molecule has 0 aliphatic carbocycles. The van der Waals surface area contributed by atoms with Crippen molar-refractivity contribution in [1.82, 2.24) is 14.7 Å². The lowest BCUT2D eigenvalue weighted by Gasteiger charge is -2.34. The van der Waals surface area contributed by atoms with Crippen LogP contribution in [0.5, 0.6) is 0 Å². The highest BCUT2D eigenvalue weighted by Crippen LogP contribution is 2.14. The Morgan fingerprint density at radius 1 is 1.00 bits per heavy atom. The summed E-state index contributed by atoms with van der Waals surface area (Å²) < 4.78 is 0. The van der Waals surface area contributed by atoms with Crippen LogP contribution in [0.4, 0.5) is 10.5 Å². The van der Waals surface area contributed by atoms with Gasteiger partial charge < -0.3 is 20.0 Å². The van der Waals surface area contributed by atoms with Gasteiger partial charge in [0, 0.05) is 31.9 Å². The predicted octanol–water partition coefficient (Wildman–Crippen LogP) is 2.33. The number of anilines is 1. The van der Waals surface area contributed by atoms with E-state index in [4.69, 9.17) is 0 Å². The summed E-state index contributed by atoms with van der Waals surface area (Å²) in [5.41, 5.74) is 1.98. The first-order valence-electron chi connectivity index (χ1n) is 10.3. The van der Waals surface area contributed by atoms with Gasteiger partial charge in [0.2, 0.25) is 11.8 Å². The van der Waals surface area contributed by atoms with Gasteiger partial charge in [0.25, 0.3) is 0 Å². The van der Waals surface area contributed by atoms with E-state index in [1.807, 2.05) is 29.2 Å². The lowest BCUT2D eigenvalue weighted by Crippen LogP contribution is -2.55. The molecule has 0 aromatic heterocycles. The molecular formula is C21H30N4O3. The van der Waals surface area contributed by atoms with Crippen molar-refractivity contribution in [3.05, 3.63) is 29.8 Å². The molecule has 0 saturated carbocycles. The van der Waals surface area contributed by atoms with Crippen LogP contribution in [0.25, 0.3) is 0 Å². The maximum atomic E-state index is 12.5. The highest BCUT2D eigenvalue weighted by Gasteiger charge is 2.30. The fourth-order valence-corrected chi connectivity index (χ4v) is 3.62. The molecule has 2 heterocycles. The van der Waals surface area contributed by atoms with Crippen LogP contribution in [-0.2, 0) is 16.0 Å². The third kappa shape index (κ3) is 5.24. The van der Waals surface area contributed by atoms with Gasteiger partial charge in [-0.05, 0) is 43.4 Å². The molecule has 0 radical (unpaired) electrons. The molecular weight excluding hydrogens is 356 g/mol. The Bertz CT molecular complexity index is 698. The molecule has 1 aromatic carbocycles. The Labute approximate surface area is 166 Å². The van der Waals surface area contributed by atoms with Gasteiger partial charge in [0.1, 0.15) is 6.54 Å². The molecule has 2 aliphatic heterocycles. The van der Waals surface area contributed by atoms with E-state index in [1.165, 1.54) is 10.5 Å². The maximum absolute atomic E-state index is 12.5. The van der Waals surface area contributed by atoms with E-state index >= 15 is 0 Å². The second-order valence-corrected chi connectivity index (χ2v) is 7.56. The number of nitrogens with one attached hydrogen (secondary N) is 1. The summed E-state index contributed by atoms with van der Waals surface area (Å²) in [6.07, 6.45) is 5.41. The fourth-order valence-electron chi connectivity index (χ4n) is 3.62. The molecule has 3 rings (SSSR count). The van der Waals surface area contributed by atoms with Crippen LogP contribution in [0.2, 0.25) is 0 Å². The average molecular weight is 386 g/mol. The van der Waals surface area contributed by atoms with Crippen LogP contribution < -0.4 is 5.32 Å².